The average Bonchev–Trinajstić information content (AvgIpc) is 3.36. The Balaban J connectivity index is 1.28. The van der Waals surface area contributed by atoms with Crippen LogP contribution in [0.2, 0.25) is 0 Å². The van der Waals surface area contributed by atoms with Gasteiger partial charge in [-0.25, -0.2) is 0 Å². The fourth-order valence-electron chi connectivity index (χ4n) is 12.9. The molecule has 70 heavy (non-hydrogen) atoms. The van der Waals surface area contributed by atoms with Crippen molar-refractivity contribution in [1.82, 2.24) is 9.13 Å². The number of hydrogen-bond donors (Lipinski definition) is 0. The van der Waals surface area contributed by atoms with Crippen LogP contribution >= 0.6 is 0 Å². The zero-order valence-corrected chi connectivity index (χ0v) is 43.6. The van der Waals surface area contributed by atoms with Crippen molar-refractivity contribution in [2.24, 2.45) is 0 Å². The molecule has 0 fully saturated rings. The van der Waals surface area contributed by atoms with Crippen molar-refractivity contribution >= 4 is 86.2 Å². The lowest BCUT2D eigenvalue weighted by atomic mass is 9.77. The van der Waals surface area contributed by atoms with Crippen molar-refractivity contribution < 1.29 is 0 Å². The zero-order chi connectivity index (χ0) is 48.7. The van der Waals surface area contributed by atoms with Crippen LogP contribution in [0.4, 0.5) is 0 Å². The predicted molar refractivity (Wildman–Crippen MR) is 303 cm³/mol. The molecule has 6 nitrogen and oxygen atoms in total. The molecule has 0 spiro atoms. The van der Waals surface area contributed by atoms with E-state index in [0.717, 1.165) is 142 Å². The Morgan fingerprint density at radius 2 is 0.557 bits per heavy atom. The molecule has 0 atom stereocenters. The first-order valence-corrected chi connectivity index (χ1v) is 28.8. The Kier molecular flexibility index (Phi) is 16.6. The lowest BCUT2D eigenvalue weighted by Gasteiger charge is -2.26. The second-order valence-electron chi connectivity index (χ2n) is 21.8. The first-order valence-electron chi connectivity index (χ1n) is 28.8. The Hall–Kier alpha value is -4.84. The average molecular weight is 943 g/mol. The SMILES string of the molecule is CCCCCCCCCCc1cc2cc3c(=O)n(CCCCCCCC)c(=O)c4cc5c(CCCCCCCCCC)cc6cc7c(=O)n(CCCCCCCC)c(=O)c8cc1c1c2c(c34)c5c6c1c78. The Bertz CT molecular complexity index is 3150. The summed E-state index contributed by atoms with van der Waals surface area (Å²) < 4.78 is 3.12. The molecule has 0 aliphatic heterocycles. The highest BCUT2D eigenvalue weighted by molar-refractivity contribution is 6.50. The first-order chi connectivity index (χ1) is 34.3. The molecule has 0 amide bonds. The standard InChI is InChI=1S/C64H82N2O4/c1-5-9-13-17-21-23-25-29-33-43-37-45-39-49-56-52(64(70)66(61(49)67)36-32-28-20-16-12-8-4)42-48-44(34-30-26-24-22-18-14-10-6-2)38-46-40-50-55-51(63(69)65(62(50)68)35-31-27-19-15-11-7-3)41-47(43)57-53(45)60(56)58(48)54(46)59(55)57/h37-42H,5-36H2,1-4H3. The molecular weight excluding hydrogens is 861 g/mol. The van der Waals surface area contributed by atoms with Gasteiger partial charge in [0.25, 0.3) is 22.2 Å². The number of nitrogens with zero attached hydrogens (tertiary/aromatic N) is 2. The molecule has 9 rings (SSSR count). The van der Waals surface area contributed by atoms with Gasteiger partial charge in [0.05, 0.1) is 0 Å². The van der Waals surface area contributed by atoms with E-state index < -0.39 is 0 Å². The van der Waals surface area contributed by atoms with Gasteiger partial charge in [0.1, 0.15) is 0 Å². The van der Waals surface area contributed by atoms with E-state index in [-0.39, 0.29) is 22.2 Å². The third-order valence-electron chi connectivity index (χ3n) is 16.7. The molecule has 0 aliphatic rings. The zero-order valence-electron chi connectivity index (χ0n) is 43.6. The Labute approximate surface area is 415 Å². The van der Waals surface area contributed by atoms with Gasteiger partial charge in [-0.05, 0) is 117 Å². The van der Waals surface area contributed by atoms with Gasteiger partial charge < -0.3 is 0 Å². The van der Waals surface area contributed by atoms with Gasteiger partial charge in [0.15, 0.2) is 0 Å². The van der Waals surface area contributed by atoms with Crippen LogP contribution in [0.1, 0.15) is 219 Å². The summed E-state index contributed by atoms with van der Waals surface area (Å²) in [7, 11) is 0. The minimum absolute atomic E-state index is 0.175. The molecule has 0 N–H and O–H groups in total. The van der Waals surface area contributed by atoms with Crippen LogP contribution in [0.5, 0.6) is 0 Å². The normalized spacial score (nSPS) is 12.6. The quantitative estimate of drug-likeness (QED) is 0.0239. The number of pyridine rings is 2. The van der Waals surface area contributed by atoms with Crippen LogP contribution in [0.15, 0.2) is 55.6 Å². The van der Waals surface area contributed by atoms with Crippen molar-refractivity contribution in [3.63, 3.8) is 0 Å². The molecule has 7 aromatic carbocycles. The number of benzene rings is 7. The van der Waals surface area contributed by atoms with E-state index in [9.17, 15) is 19.2 Å². The van der Waals surface area contributed by atoms with Gasteiger partial charge in [-0.3, -0.25) is 28.3 Å². The summed E-state index contributed by atoms with van der Waals surface area (Å²) in [6.07, 6.45) is 34.3. The summed E-state index contributed by atoms with van der Waals surface area (Å²) in [6.45, 7) is 9.85. The van der Waals surface area contributed by atoms with Crippen molar-refractivity contribution in [2.75, 3.05) is 0 Å². The van der Waals surface area contributed by atoms with Crippen molar-refractivity contribution in [3.8, 4) is 0 Å². The van der Waals surface area contributed by atoms with E-state index in [2.05, 4.69) is 64.1 Å². The van der Waals surface area contributed by atoms with Crippen molar-refractivity contribution in [2.45, 2.75) is 233 Å². The van der Waals surface area contributed by atoms with Crippen LogP contribution in [-0.4, -0.2) is 9.13 Å². The van der Waals surface area contributed by atoms with Crippen LogP contribution in [-0.2, 0) is 25.9 Å². The highest BCUT2D eigenvalue weighted by Crippen LogP contribution is 2.52. The molecule has 9 aromatic rings. The van der Waals surface area contributed by atoms with E-state index in [1.165, 1.54) is 127 Å². The molecule has 372 valence electrons. The van der Waals surface area contributed by atoms with E-state index in [0.29, 0.717) is 34.6 Å². The summed E-state index contributed by atoms with van der Waals surface area (Å²) in [5.74, 6) is 0. The van der Waals surface area contributed by atoms with Crippen LogP contribution in [0.3, 0.4) is 0 Å². The predicted octanol–water partition coefficient (Wildman–Crippen LogP) is 17.2. The second-order valence-corrected chi connectivity index (χ2v) is 21.8. The van der Waals surface area contributed by atoms with Gasteiger partial charge in [0.2, 0.25) is 0 Å². The van der Waals surface area contributed by atoms with Gasteiger partial charge >= 0.3 is 0 Å². The first kappa shape index (κ1) is 50.1. The van der Waals surface area contributed by atoms with Crippen molar-refractivity contribution in [1.29, 1.82) is 0 Å². The van der Waals surface area contributed by atoms with Crippen LogP contribution in [0.25, 0.3) is 86.2 Å². The molecule has 0 bridgehead atoms. The third-order valence-corrected chi connectivity index (χ3v) is 16.7. The molecular formula is C64H82N2O4. The van der Waals surface area contributed by atoms with E-state index in [1.807, 2.05) is 0 Å². The Morgan fingerprint density at radius 3 is 0.886 bits per heavy atom. The fourth-order valence-corrected chi connectivity index (χ4v) is 12.9. The van der Waals surface area contributed by atoms with E-state index >= 15 is 0 Å². The highest BCUT2D eigenvalue weighted by Gasteiger charge is 2.30. The number of rotatable bonds is 32. The van der Waals surface area contributed by atoms with Gasteiger partial charge in [-0.2, -0.15) is 0 Å². The summed E-state index contributed by atoms with van der Waals surface area (Å²) in [4.78, 5) is 59.8. The molecule has 2 heterocycles. The maximum absolute atomic E-state index is 15.0. The summed E-state index contributed by atoms with van der Waals surface area (Å²) in [6, 6.07) is 13.2. The van der Waals surface area contributed by atoms with E-state index in [4.69, 9.17) is 0 Å². The topological polar surface area (TPSA) is 78.1 Å². The minimum Gasteiger partial charge on any atom is -0.274 e. The van der Waals surface area contributed by atoms with Gasteiger partial charge in [0, 0.05) is 56.2 Å². The molecule has 0 saturated heterocycles. The summed E-state index contributed by atoms with van der Waals surface area (Å²) in [5, 5.41) is 14.7. The third kappa shape index (κ3) is 9.63. The number of hydrogen-bond acceptors (Lipinski definition) is 4. The monoisotopic (exact) mass is 943 g/mol. The lowest BCUT2D eigenvalue weighted by Crippen LogP contribution is -2.33. The lowest BCUT2D eigenvalue weighted by molar-refractivity contribution is 0.545. The smallest absolute Gasteiger partial charge is 0.261 e. The molecule has 0 radical (unpaired) electrons. The van der Waals surface area contributed by atoms with Crippen molar-refractivity contribution in [3.05, 3.63) is 88.9 Å². The minimum atomic E-state index is -0.180. The molecule has 0 aliphatic carbocycles. The van der Waals surface area contributed by atoms with Gasteiger partial charge in [-0.1, -0.05) is 194 Å². The number of aryl methyl sites for hydroxylation is 2. The van der Waals surface area contributed by atoms with Crippen LogP contribution in [0, 0.1) is 0 Å². The summed E-state index contributed by atoms with van der Waals surface area (Å²) >= 11 is 0. The molecule has 6 heteroatoms. The summed E-state index contributed by atoms with van der Waals surface area (Å²) in [5.41, 5.74) is 1.70. The molecule has 0 saturated carbocycles. The highest BCUT2D eigenvalue weighted by atomic mass is 16.2. The fraction of sp³-hybridized carbons (Fsp3) is 0.562. The maximum Gasteiger partial charge on any atom is 0.261 e. The molecule has 0 unspecified atom stereocenters. The van der Waals surface area contributed by atoms with Gasteiger partial charge in [-0.15, -0.1) is 0 Å². The van der Waals surface area contributed by atoms with E-state index in [1.54, 1.807) is 9.13 Å². The Morgan fingerprint density at radius 1 is 0.271 bits per heavy atom. The number of unbranched alkanes of at least 4 members (excludes halogenated alkanes) is 24. The molecule has 2 aromatic heterocycles. The second kappa shape index (κ2) is 23.1. The largest absolute Gasteiger partial charge is 0.274 e. The number of aromatic nitrogens is 2. The van der Waals surface area contributed by atoms with Crippen LogP contribution < -0.4 is 22.2 Å². The maximum atomic E-state index is 15.0.